The van der Waals surface area contributed by atoms with Crippen LogP contribution in [-0.2, 0) is 15.1 Å². The van der Waals surface area contributed by atoms with Gasteiger partial charge in [0.1, 0.15) is 11.9 Å². The molecule has 2 heterocycles. The van der Waals surface area contributed by atoms with Gasteiger partial charge in [-0.1, -0.05) is 0 Å². The summed E-state index contributed by atoms with van der Waals surface area (Å²) in [4.78, 5) is 16.0. The monoisotopic (exact) mass is 407 g/mol. The van der Waals surface area contributed by atoms with Crippen LogP contribution in [0.4, 0.5) is 18.9 Å². The van der Waals surface area contributed by atoms with Gasteiger partial charge in [0.15, 0.2) is 18.2 Å². The predicted molar refractivity (Wildman–Crippen MR) is 95.2 cm³/mol. The molecule has 152 valence electrons. The van der Waals surface area contributed by atoms with E-state index < -0.39 is 47.4 Å². The number of hydrogen-bond acceptors (Lipinski definition) is 7. The molecule has 0 radical (unpaired) electrons. The minimum atomic E-state index is -3.56. The third-order valence-corrected chi connectivity index (χ3v) is 4.62. The number of nitrogens with one attached hydrogen (secondary N) is 1. The summed E-state index contributed by atoms with van der Waals surface area (Å²) < 4.78 is 47.9. The lowest BCUT2D eigenvalue weighted by Gasteiger charge is -2.37. The lowest BCUT2D eigenvalue weighted by atomic mass is 9.85. The fourth-order valence-electron chi connectivity index (χ4n) is 2.91. The van der Waals surface area contributed by atoms with E-state index in [1.54, 1.807) is 6.07 Å². The van der Waals surface area contributed by atoms with E-state index in [4.69, 9.17) is 11.0 Å². The largest absolute Gasteiger partial charge is 0.459 e. The van der Waals surface area contributed by atoms with Crippen molar-refractivity contribution in [1.29, 1.82) is 5.26 Å². The summed E-state index contributed by atoms with van der Waals surface area (Å²) in [5.74, 6) is -5.26. The number of carbonyl (C=O) groups excluding carboxylic acids is 1. The second kappa shape index (κ2) is 7.14. The number of nitrogens with zero attached hydrogens (tertiary/aromatic N) is 3. The molecule has 1 aromatic rings. The fourth-order valence-corrected chi connectivity index (χ4v) is 2.91. The number of ether oxygens (including phenoxy) is 1. The molecule has 4 N–H and O–H groups in total. The van der Waals surface area contributed by atoms with Crippen LogP contribution < -0.4 is 11.1 Å². The molecule has 0 saturated carbocycles. The number of anilines is 1. The average Bonchev–Trinajstić information content (AvgIpc) is 2.66. The molecule has 2 atom stereocenters. The molecule has 1 unspecified atom stereocenters. The van der Waals surface area contributed by atoms with Crippen LogP contribution in [0.25, 0.3) is 0 Å². The van der Waals surface area contributed by atoms with Gasteiger partial charge < -0.3 is 15.8 Å². The molecule has 0 spiro atoms. The zero-order chi connectivity index (χ0) is 21.4. The van der Waals surface area contributed by atoms with E-state index in [9.17, 15) is 23.2 Å². The van der Waals surface area contributed by atoms with Gasteiger partial charge in [0.2, 0.25) is 0 Å². The second-order valence-corrected chi connectivity index (χ2v) is 6.58. The van der Waals surface area contributed by atoms with Crippen molar-refractivity contribution in [2.24, 2.45) is 10.7 Å². The highest BCUT2D eigenvalue weighted by atomic mass is 19.3. The molecule has 0 aromatic heterocycles. The van der Waals surface area contributed by atoms with Crippen molar-refractivity contribution in [3.05, 3.63) is 53.5 Å². The Labute approximate surface area is 163 Å². The Kier molecular flexibility index (Phi) is 4.98. The van der Waals surface area contributed by atoms with Crippen molar-refractivity contribution in [1.82, 2.24) is 5.06 Å². The number of rotatable bonds is 3. The van der Waals surface area contributed by atoms with E-state index in [0.717, 1.165) is 25.3 Å². The van der Waals surface area contributed by atoms with Crippen molar-refractivity contribution < 1.29 is 27.9 Å². The summed E-state index contributed by atoms with van der Waals surface area (Å²) in [7, 11) is 0. The molecule has 1 aromatic carbocycles. The minimum Gasteiger partial charge on any atom is -0.459 e. The third-order valence-electron chi connectivity index (χ3n) is 4.62. The van der Waals surface area contributed by atoms with Gasteiger partial charge in [-0.2, -0.15) is 14.0 Å². The highest BCUT2D eigenvalue weighted by Gasteiger charge is 2.56. The van der Waals surface area contributed by atoms with Crippen LogP contribution in [0.3, 0.4) is 0 Å². The number of alkyl halides is 2. The topological polar surface area (TPSA) is 124 Å². The van der Waals surface area contributed by atoms with Crippen LogP contribution >= 0.6 is 0 Å². The molecule has 0 aliphatic carbocycles. The van der Waals surface area contributed by atoms with Gasteiger partial charge >= 0.3 is 5.92 Å². The first kappa shape index (κ1) is 20.2. The Hall–Kier alpha value is -3.52. The van der Waals surface area contributed by atoms with Crippen molar-refractivity contribution >= 4 is 17.6 Å². The zero-order valence-corrected chi connectivity index (χ0v) is 15.1. The molecule has 8 nitrogen and oxygen atoms in total. The maximum absolute atomic E-state index is 14.5. The van der Waals surface area contributed by atoms with Crippen molar-refractivity contribution in [3.63, 3.8) is 0 Å². The van der Waals surface area contributed by atoms with E-state index in [1.807, 2.05) is 0 Å². The number of hydrogen-bond donors (Lipinski definition) is 3. The van der Waals surface area contributed by atoms with Crippen molar-refractivity contribution in [2.45, 2.75) is 24.4 Å². The standard InChI is InChI=1S/C18H16F3N5O3/c1-17(18(20,21)9-29-16(23)25-17)12-6-11(3-4-13(12)19)24-15(27)14-5-2-10(7-22)8-26(14)28/h2-6,8,14,28H,9H2,1H3,(H2,23,25)(H,24,27)/t14?,17-/m1/s1. The van der Waals surface area contributed by atoms with E-state index in [2.05, 4.69) is 15.0 Å². The minimum absolute atomic E-state index is 0.000507. The number of amides is 1. The summed E-state index contributed by atoms with van der Waals surface area (Å²) >= 11 is 0. The van der Waals surface area contributed by atoms with Gasteiger partial charge in [0, 0.05) is 17.5 Å². The first-order valence-corrected chi connectivity index (χ1v) is 8.31. The van der Waals surface area contributed by atoms with Gasteiger partial charge in [-0.05, 0) is 37.3 Å². The molecule has 3 rings (SSSR count). The molecule has 1 amide bonds. The number of allylic oxidation sites excluding steroid dienone is 2. The van der Waals surface area contributed by atoms with Crippen molar-refractivity contribution in [2.75, 3.05) is 11.9 Å². The number of benzene rings is 1. The number of hydroxylamine groups is 2. The summed E-state index contributed by atoms with van der Waals surface area (Å²) in [6.45, 7) is -0.0608. The van der Waals surface area contributed by atoms with E-state index in [1.165, 1.54) is 18.2 Å². The molecule has 11 heteroatoms. The number of carbonyl (C=O) groups is 1. The zero-order valence-electron chi connectivity index (χ0n) is 15.1. The molecule has 2 aliphatic heterocycles. The number of aliphatic imine (C=N–C) groups is 1. The van der Waals surface area contributed by atoms with E-state index in [0.29, 0.717) is 5.06 Å². The van der Waals surface area contributed by atoms with Gasteiger partial charge in [0.05, 0.1) is 5.57 Å². The lowest BCUT2D eigenvalue weighted by Crippen LogP contribution is -2.51. The first-order valence-electron chi connectivity index (χ1n) is 8.31. The maximum atomic E-state index is 14.5. The fraction of sp³-hybridized carbons (Fsp3) is 0.278. The molecular formula is C18H16F3N5O3. The SMILES string of the molecule is C[C@]1(c2cc(NC(=O)C3C=CC(C#N)=CN3O)ccc2F)N=C(N)OCC1(F)F. The Balaban J connectivity index is 1.90. The van der Waals surface area contributed by atoms with Gasteiger partial charge in [0.25, 0.3) is 11.9 Å². The van der Waals surface area contributed by atoms with E-state index >= 15 is 0 Å². The van der Waals surface area contributed by atoms with Crippen LogP contribution in [0.1, 0.15) is 12.5 Å². The summed E-state index contributed by atoms with van der Waals surface area (Å²) in [5, 5.41) is 21.6. The first-order chi connectivity index (χ1) is 13.6. The number of halogens is 3. The number of amidine groups is 1. The normalized spacial score (nSPS) is 25.4. The Morgan fingerprint density at radius 3 is 2.90 bits per heavy atom. The molecule has 0 bridgehead atoms. The Bertz CT molecular complexity index is 985. The van der Waals surface area contributed by atoms with Crippen LogP contribution in [0.5, 0.6) is 0 Å². The van der Waals surface area contributed by atoms with Gasteiger partial charge in [-0.3, -0.25) is 10.0 Å². The van der Waals surface area contributed by atoms with Crippen LogP contribution in [-0.4, -0.2) is 40.8 Å². The molecule has 29 heavy (non-hydrogen) atoms. The molecule has 2 aliphatic rings. The summed E-state index contributed by atoms with van der Waals surface area (Å²) in [6, 6.07) is 3.24. The predicted octanol–water partition coefficient (Wildman–Crippen LogP) is 2.00. The van der Waals surface area contributed by atoms with Crippen LogP contribution in [0.2, 0.25) is 0 Å². The maximum Gasteiger partial charge on any atom is 0.310 e. The van der Waals surface area contributed by atoms with E-state index in [-0.39, 0.29) is 11.3 Å². The lowest BCUT2D eigenvalue weighted by molar-refractivity contribution is -0.131. The quantitative estimate of drug-likeness (QED) is 0.704. The molecule has 0 saturated heterocycles. The van der Waals surface area contributed by atoms with Crippen molar-refractivity contribution in [3.8, 4) is 6.07 Å². The molecular weight excluding hydrogens is 391 g/mol. The molecule has 0 fully saturated rings. The average molecular weight is 407 g/mol. The number of nitrogens with two attached hydrogens (primary N) is 1. The summed E-state index contributed by atoms with van der Waals surface area (Å²) in [6.07, 6.45) is 3.67. The van der Waals surface area contributed by atoms with Gasteiger partial charge in [-0.15, -0.1) is 0 Å². The highest BCUT2D eigenvalue weighted by Crippen LogP contribution is 2.44. The number of nitriles is 1. The van der Waals surface area contributed by atoms with Crippen LogP contribution in [0, 0.1) is 17.1 Å². The summed E-state index contributed by atoms with van der Waals surface area (Å²) in [5.41, 5.74) is 2.70. The van der Waals surface area contributed by atoms with Gasteiger partial charge in [-0.25, -0.2) is 14.4 Å². The Morgan fingerprint density at radius 2 is 2.24 bits per heavy atom. The highest BCUT2D eigenvalue weighted by molar-refractivity contribution is 5.96. The Morgan fingerprint density at radius 1 is 1.52 bits per heavy atom. The van der Waals surface area contributed by atoms with Crippen LogP contribution in [0.15, 0.2) is 47.1 Å². The second-order valence-electron chi connectivity index (χ2n) is 6.58. The third kappa shape index (κ3) is 3.62. The smallest absolute Gasteiger partial charge is 0.310 e.